The second kappa shape index (κ2) is 14.1. The number of unbranched alkanes of at least 4 members (excludes halogenated alkanes) is 1. The zero-order valence-corrected chi connectivity index (χ0v) is 24.1. The summed E-state index contributed by atoms with van der Waals surface area (Å²) in [6.07, 6.45) is 0.168. The third-order valence-electron chi connectivity index (χ3n) is 6.31. The minimum absolute atomic E-state index is 0.131. The number of benzene rings is 3. The lowest BCUT2D eigenvalue weighted by atomic mass is 10.0. The molecule has 0 saturated heterocycles. The van der Waals surface area contributed by atoms with E-state index < -0.39 is 24.2 Å². The lowest BCUT2D eigenvalue weighted by molar-refractivity contribution is -0.143. The normalized spacial score (nSPS) is 14.6. The number of hydrogen-bond acceptors (Lipinski definition) is 7. The number of esters is 1. The minimum Gasteiger partial charge on any atom is -0.489 e. The predicted octanol–water partition coefficient (Wildman–Crippen LogP) is 6.26. The molecule has 1 aliphatic heterocycles. The molecular formula is C30H30Cl2N2O7. The van der Waals surface area contributed by atoms with Crippen LogP contribution in [0.15, 0.2) is 60.7 Å². The van der Waals surface area contributed by atoms with Gasteiger partial charge in [0.25, 0.3) is 5.91 Å². The minimum atomic E-state index is -0.961. The van der Waals surface area contributed by atoms with Gasteiger partial charge in [-0.25, -0.2) is 9.59 Å². The van der Waals surface area contributed by atoms with Crippen molar-refractivity contribution in [2.75, 3.05) is 19.0 Å². The van der Waals surface area contributed by atoms with Crippen LogP contribution in [-0.4, -0.2) is 37.7 Å². The van der Waals surface area contributed by atoms with Gasteiger partial charge in [-0.05, 0) is 53.9 Å². The number of carbonyl (C=O) groups excluding carboxylic acids is 3. The van der Waals surface area contributed by atoms with Gasteiger partial charge >= 0.3 is 12.1 Å². The van der Waals surface area contributed by atoms with Crippen LogP contribution >= 0.6 is 23.2 Å². The molecular weight excluding hydrogens is 571 g/mol. The molecule has 0 fully saturated rings. The van der Waals surface area contributed by atoms with Crippen molar-refractivity contribution in [2.45, 2.75) is 44.9 Å². The Bertz CT molecular complexity index is 1400. The monoisotopic (exact) mass is 600 g/mol. The molecule has 0 saturated carbocycles. The second-order valence-electron chi connectivity index (χ2n) is 9.34. The molecule has 9 nitrogen and oxygen atoms in total. The van der Waals surface area contributed by atoms with Gasteiger partial charge in [-0.3, -0.25) is 4.79 Å². The summed E-state index contributed by atoms with van der Waals surface area (Å²) in [6, 6.07) is 16.5. The lowest BCUT2D eigenvalue weighted by Gasteiger charge is -2.27. The number of carbonyl (C=O) groups is 3. The first-order valence-corrected chi connectivity index (χ1v) is 13.8. The Hall–Kier alpha value is -3.95. The van der Waals surface area contributed by atoms with Gasteiger partial charge in [-0.15, -0.1) is 0 Å². The molecule has 216 valence electrons. The molecule has 0 bridgehead atoms. The Kier molecular flexibility index (Phi) is 10.3. The van der Waals surface area contributed by atoms with E-state index >= 15 is 0 Å². The van der Waals surface area contributed by atoms with Crippen molar-refractivity contribution >= 4 is 46.9 Å². The quantitative estimate of drug-likeness (QED) is 0.197. The van der Waals surface area contributed by atoms with Gasteiger partial charge in [0.1, 0.15) is 24.1 Å². The Morgan fingerprint density at radius 3 is 2.49 bits per heavy atom. The van der Waals surface area contributed by atoms with Crippen LogP contribution in [0.4, 0.5) is 10.5 Å². The highest BCUT2D eigenvalue weighted by molar-refractivity contribution is 6.42. The van der Waals surface area contributed by atoms with Crippen molar-refractivity contribution in [1.29, 1.82) is 0 Å². The molecule has 2 N–H and O–H groups in total. The number of ether oxygens (including phenoxy) is 4. The van der Waals surface area contributed by atoms with Crippen molar-refractivity contribution in [3.05, 3.63) is 87.4 Å². The molecule has 1 unspecified atom stereocenters. The molecule has 1 heterocycles. The Labute approximate surface area is 248 Å². The first kappa shape index (κ1) is 30.0. The molecule has 0 radical (unpaired) electrons. The van der Waals surface area contributed by atoms with Gasteiger partial charge in [0, 0.05) is 12.0 Å². The SMILES string of the molecule is CCCCOC(=O)NC(Cc1ccc2c(c1)NC(=O)[C@H](c1ccc(OCc3ccc(Cl)c(Cl)c3)cc1)O2)C(=O)OC. The fourth-order valence-electron chi connectivity index (χ4n) is 4.10. The molecule has 41 heavy (non-hydrogen) atoms. The average Bonchev–Trinajstić information content (AvgIpc) is 2.97. The van der Waals surface area contributed by atoms with Crippen molar-refractivity contribution in [2.24, 2.45) is 0 Å². The number of nitrogens with one attached hydrogen (secondary N) is 2. The molecule has 3 aromatic carbocycles. The van der Waals surface area contributed by atoms with E-state index in [-0.39, 0.29) is 18.9 Å². The second-order valence-corrected chi connectivity index (χ2v) is 10.2. The topological polar surface area (TPSA) is 112 Å². The highest BCUT2D eigenvalue weighted by atomic mass is 35.5. The van der Waals surface area contributed by atoms with Crippen molar-refractivity contribution in [3.63, 3.8) is 0 Å². The van der Waals surface area contributed by atoms with Crippen molar-refractivity contribution < 1.29 is 33.3 Å². The number of halogens is 2. The summed E-state index contributed by atoms with van der Waals surface area (Å²) in [5, 5.41) is 6.34. The summed E-state index contributed by atoms with van der Waals surface area (Å²) in [4.78, 5) is 37.3. The smallest absolute Gasteiger partial charge is 0.407 e. The number of rotatable bonds is 11. The molecule has 0 aromatic heterocycles. The average molecular weight is 601 g/mol. The van der Waals surface area contributed by atoms with Gasteiger partial charge in [0.05, 0.1) is 29.4 Å². The largest absolute Gasteiger partial charge is 0.489 e. The lowest BCUT2D eigenvalue weighted by Crippen LogP contribution is -2.43. The molecule has 3 aromatic rings. The Morgan fingerprint density at radius 2 is 1.78 bits per heavy atom. The number of amides is 2. The van der Waals surface area contributed by atoms with E-state index in [0.29, 0.717) is 45.0 Å². The number of anilines is 1. The molecule has 1 aliphatic rings. The molecule has 2 atom stereocenters. The van der Waals surface area contributed by atoms with E-state index in [0.717, 1.165) is 18.4 Å². The molecule has 4 rings (SSSR count). The highest BCUT2D eigenvalue weighted by Crippen LogP contribution is 2.36. The maximum absolute atomic E-state index is 12.9. The maximum Gasteiger partial charge on any atom is 0.407 e. The van der Waals surface area contributed by atoms with E-state index in [1.807, 2.05) is 13.0 Å². The number of hydrogen-bond donors (Lipinski definition) is 2. The summed E-state index contributed by atoms with van der Waals surface area (Å²) >= 11 is 12.0. The zero-order valence-electron chi connectivity index (χ0n) is 22.6. The van der Waals surface area contributed by atoms with E-state index in [9.17, 15) is 14.4 Å². The van der Waals surface area contributed by atoms with Crippen molar-refractivity contribution in [1.82, 2.24) is 5.32 Å². The van der Waals surface area contributed by atoms with Crippen LogP contribution in [0.3, 0.4) is 0 Å². The van der Waals surface area contributed by atoms with E-state index in [4.69, 9.17) is 42.1 Å². The van der Waals surface area contributed by atoms with Crippen molar-refractivity contribution in [3.8, 4) is 11.5 Å². The van der Waals surface area contributed by atoms with Gasteiger partial charge in [0.2, 0.25) is 6.10 Å². The van der Waals surface area contributed by atoms with E-state index in [1.165, 1.54) is 7.11 Å². The van der Waals surface area contributed by atoms with Crippen LogP contribution in [0.1, 0.15) is 42.6 Å². The molecule has 0 spiro atoms. The van der Waals surface area contributed by atoms with E-state index in [2.05, 4.69) is 10.6 Å². The van der Waals surface area contributed by atoms with Gasteiger partial charge in [0.15, 0.2) is 0 Å². The third kappa shape index (κ3) is 8.05. The summed E-state index contributed by atoms with van der Waals surface area (Å²) < 4.78 is 21.8. The first-order valence-electron chi connectivity index (χ1n) is 13.1. The Morgan fingerprint density at radius 1 is 1.02 bits per heavy atom. The fourth-order valence-corrected chi connectivity index (χ4v) is 4.42. The third-order valence-corrected chi connectivity index (χ3v) is 7.04. The summed E-state index contributed by atoms with van der Waals surface area (Å²) in [5.41, 5.74) is 2.66. The Balaban J connectivity index is 1.38. The molecule has 11 heteroatoms. The first-order chi connectivity index (χ1) is 19.8. The number of fused-ring (bicyclic) bond motifs is 1. The van der Waals surface area contributed by atoms with Crippen LogP contribution in [0.5, 0.6) is 11.5 Å². The highest BCUT2D eigenvalue weighted by Gasteiger charge is 2.30. The van der Waals surface area contributed by atoms with Gasteiger partial charge < -0.3 is 29.6 Å². The fraction of sp³-hybridized carbons (Fsp3) is 0.300. The molecule has 2 amide bonds. The van der Waals surface area contributed by atoms with Gasteiger partial charge in [-0.2, -0.15) is 0 Å². The standard InChI is InChI=1S/C30H30Cl2N2O7/c1-3-4-13-39-30(37)34-25(29(36)38-2)16-18-6-12-26-24(15-18)33-28(35)27(41-26)20-7-9-21(10-8-20)40-17-19-5-11-22(31)23(32)14-19/h5-12,14-15,25,27H,3-4,13,16-17H2,1-2H3,(H,33,35)(H,34,37)/t25?,27-/m0/s1. The van der Waals surface area contributed by atoms with Crippen LogP contribution < -0.4 is 20.1 Å². The van der Waals surface area contributed by atoms with Crippen LogP contribution in [0, 0.1) is 0 Å². The van der Waals surface area contributed by atoms with Crippen LogP contribution in [-0.2, 0) is 32.1 Å². The zero-order chi connectivity index (χ0) is 29.4. The predicted molar refractivity (Wildman–Crippen MR) is 155 cm³/mol. The number of methoxy groups -OCH3 is 1. The van der Waals surface area contributed by atoms with Gasteiger partial charge in [-0.1, -0.05) is 60.8 Å². The van der Waals surface area contributed by atoms with Crippen LogP contribution in [0.25, 0.3) is 0 Å². The summed E-state index contributed by atoms with van der Waals surface area (Å²) in [7, 11) is 1.24. The van der Waals surface area contributed by atoms with Crippen LogP contribution in [0.2, 0.25) is 10.0 Å². The van der Waals surface area contributed by atoms with E-state index in [1.54, 1.807) is 54.6 Å². The molecule has 0 aliphatic carbocycles. The maximum atomic E-state index is 12.9. The number of alkyl carbamates (subject to hydrolysis) is 1. The summed E-state index contributed by atoms with van der Waals surface area (Å²) in [6.45, 7) is 2.54. The summed E-state index contributed by atoms with van der Waals surface area (Å²) in [5.74, 6) is 0.130.